The lowest BCUT2D eigenvalue weighted by molar-refractivity contribution is -0.136. The number of unbranched alkanes of at least 4 members (excludes halogenated alkanes) is 1. The van der Waals surface area contributed by atoms with Gasteiger partial charge in [-0.2, -0.15) is 0 Å². The van der Waals surface area contributed by atoms with Crippen molar-refractivity contribution in [1.29, 1.82) is 0 Å². The molecule has 0 unspecified atom stereocenters. The highest BCUT2D eigenvalue weighted by Crippen LogP contribution is 2.13. The fourth-order valence-corrected chi connectivity index (χ4v) is 8.34. The summed E-state index contributed by atoms with van der Waals surface area (Å²) < 4.78 is 0. The van der Waals surface area contributed by atoms with Gasteiger partial charge in [-0.15, -0.1) is 0 Å². The van der Waals surface area contributed by atoms with Crippen LogP contribution in [0.5, 0.6) is 0 Å². The zero-order chi connectivity index (χ0) is 61.6. The van der Waals surface area contributed by atoms with Gasteiger partial charge in [0.25, 0.3) is 5.91 Å². The quantitative estimate of drug-likeness (QED) is 0.0260. The van der Waals surface area contributed by atoms with Crippen molar-refractivity contribution in [2.24, 2.45) is 29.0 Å². The van der Waals surface area contributed by atoms with Gasteiger partial charge in [0.2, 0.25) is 59.1 Å². The van der Waals surface area contributed by atoms with Crippen LogP contribution in [0.25, 0.3) is 0 Å². The van der Waals surface area contributed by atoms with Gasteiger partial charge < -0.3 is 80.5 Å². The average Bonchev–Trinajstić information content (AvgIpc) is 4.07. The summed E-state index contributed by atoms with van der Waals surface area (Å²) in [5.41, 5.74) is 19.1. The summed E-state index contributed by atoms with van der Waals surface area (Å²) in [6, 6.07) is 4.78. The molecule has 0 saturated carbocycles. The van der Waals surface area contributed by atoms with Crippen LogP contribution in [-0.2, 0) is 67.2 Å². The van der Waals surface area contributed by atoms with E-state index in [0.29, 0.717) is 48.2 Å². The molecule has 0 aliphatic carbocycles. The summed E-state index contributed by atoms with van der Waals surface area (Å²) in [7, 11) is 0. The number of aromatic nitrogens is 2. The SMILES string of the molecule is CCCNC(=O)c1cccc(C[C@H](N)C(=O)N[C@@H](C)C(=O)N[C@@H](CO)C(=O)N[C@@H](Cc2cnc[nH]2)C(=O)N[C@@H](CC(C)C)C(=O)N[C@@H](Cc2ccccc2)C(=O)N[C@@H](CCCCN)C(=O)NCC(=O)N[C@H](C(=O)NCC(N)=O)[C@@H](C)CC)c1. The monoisotopic (exact) mass is 1160 g/mol. The van der Waals surface area contributed by atoms with Crippen molar-refractivity contribution in [1.82, 2.24) is 63.1 Å². The van der Waals surface area contributed by atoms with Gasteiger partial charge in [-0.3, -0.25) is 52.7 Å². The van der Waals surface area contributed by atoms with Gasteiger partial charge in [0.05, 0.1) is 32.1 Å². The number of rotatable bonds is 37. The Bertz CT molecular complexity index is 2620. The van der Waals surface area contributed by atoms with E-state index in [4.69, 9.17) is 17.2 Å². The predicted molar refractivity (Wildman–Crippen MR) is 306 cm³/mol. The number of benzene rings is 2. The number of carbonyl (C=O) groups excluding carboxylic acids is 11. The van der Waals surface area contributed by atoms with Crippen LogP contribution in [0.1, 0.15) is 107 Å². The lowest BCUT2D eigenvalue weighted by Crippen LogP contribution is -2.61. The Kier molecular flexibility index (Phi) is 30.1. The van der Waals surface area contributed by atoms with Gasteiger partial charge in [0.15, 0.2) is 0 Å². The third kappa shape index (κ3) is 24.8. The highest BCUT2D eigenvalue weighted by atomic mass is 16.3. The maximum atomic E-state index is 14.5. The van der Waals surface area contributed by atoms with Crippen molar-refractivity contribution in [2.45, 2.75) is 148 Å². The molecule has 83 heavy (non-hydrogen) atoms. The second-order valence-electron chi connectivity index (χ2n) is 20.7. The van der Waals surface area contributed by atoms with E-state index in [-0.39, 0.29) is 56.4 Å². The summed E-state index contributed by atoms with van der Waals surface area (Å²) >= 11 is 0. The van der Waals surface area contributed by atoms with Crippen molar-refractivity contribution >= 4 is 65.0 Å². The standard InChI is InChI=1S/C56H85N15O12/c1-7-21-61-49(76)37-18-14-17-36(23-37)24-39(58)50(77)65-34(6)48(75)70-44(30-72)55(82)69-43(26-38-27-60-31-64-38)54(81)67-41(22-32(3)4)52(79)68-42(25-35-15-10-9-11-16-35)53(80)66-40(19-12-13-20-57)51(78)63-29-46(74)71-47(33(5)8-2)56(83)62-28-45(59)73/h9-11,14-18,23,27,31-34,39-44,47,72H,7-8,12-13,19-22,24-26,28-30,57-58H2,1-6H3,(H2,59,73)(H,60,64)(H,61,76)(H,62,83)(H,63,78)(H,65,77)(H,66,80)(H,67,81)(H,68,79)(H,69,82)(H,70,75)(H,71,74)/t33-,34-,39-,40-,41-,42-,43-,44-,47-/m0/s1. The zero-order valence-corrected chi connectivity index (χ0v) is 48.1. The van der Waals surface area contributed by atoms with Crippen LogP contribution in [0.15, 0.2) is 67.1 Å². The molecule has 0 fully saturated rings. The average molecular weight is 1160 g/mol. The van der Waals surface area contributed by atoms with E-state index in [0.717, 1.165) is 6.42 Å². The van der Waals surface area contributed by atoms with Crippen LogP contribution >= 0.6 is 0 Å². The Morgan fingerprint density at radius 3 is 1.82 bits per heavy atom. The molecule has 0 aliphatic rings. The Balaban J connectivity index is 1.80. The minimum Gasteiger partial charge on any atom is -0.394 e. The first-order valence-corrected chi connectivity index (χ1v) is 27.9. The number of primary amides is 1. The molecule has 27 heteroatoms. The van der Waals surface area contributed by atoms with Gasteiger partial charge in [-0.25, -0.2) is 4.98 Å². The molecule has 3 rings (SSSR count). The number of imidazole rings is 1. The molecule has 11 amide bonds. The van der Waals surface area contributed by atoms with E-state index in [9.17, 15) is 57.8 Å². The van der Waals surface area contributed by atoms with Gasteiger partial charge in [-0.05, 0) is 87.1 Å². The summed E-state index contributed by atoms with van der Waals surface area (Å²) in [5, 5.41) is 36.1. The number of hydrogen-bond donors (Lipinski definition) is 15. The van der Waals surface area contributed by atoms with Crippen molar-refractivity contribution in [3.63, 3.8) is 0 Å². The van der Waals surface area contributed by atoms with Gasteiger partial charge in [-0.1, -0.05) is 83.5 Å². The van der Waals surface area contributed by atoms with Crippen LogP contribution in [0.2, 0.25) is 0 Å². The fourth-order valence-electron chi connectivity index (χ4n) is 8.34. The minimum atomic E-state index is -1.64. The number of nitrogens with two attached hydrogens (primary N) is 3. The van der Waals surface area contributed by atoms with Crippen LogP contribution in [0, 0.1) is 11.8 Å². The van der Waals surface area contributed by atoms with Gasteiger partial charge >= 0.3 is 0 Å². The fraction of sp³-hybridized carbons (Fsp3) is 0.536. The third-order valence-corrected chi connectivity index (χ3v) is 13.2. The molecule has 0 bridgehead atoms. The van der Waals surface area contributed by atoms with Crippen LogP contribution < -0.4 is 70.4 Å². The van der Waals surface area contributed by atoms with Gasteiger partial charge in [0.1, 0.15) is 42.3 Å². The van der Waals surface area contributed by atoms with E-state index in [1.807, 2.05) is 6.92 Å². The maximum Gasteiger partial charge on any atom is 0.251 e. The molecule has 1 heterocycles. The number of carbonyl (C=O) groups is 11. The third-order valence-electron chi connectivity index (χ3n) is 13.2. The van der Waals surface area contributed by atoms with Crippen LogP contribution in [0.3, 0.4) is 0 Å². The topological polar surface area (TPSA) is 435 Å². The molecule has 0 saturated heterocycles. The molecule has 27 nitrogen and oxygen atoms in total. The summed E-state index contributed by atoms with van der Waals surface area (Å²) in [5.74, 6) is -8.85. The first kappa shape index (κ1) is 69.0. The van der Waals surface area contributed by atoms with Crippen molar-refractivity contribution in [3.05, 3.63) is 89.5 Å². The lowest BCUT2D eigenvalue weighted by Gasteiger charge is -2.28. The predicted octanol–water partition coefficient (Wildman–Crippen LogP) is -2.75. The number of H-pyrrole nitrogens is 1. The second-order valence-corrected chi connectivity index (χ2v) is 20.7. The van der Waals surface area contributed by atoms with Crippen LogP contribution in [0.4, 0.5) is 0 Å². The Morgan fingerprint density at radius 2 is 1.22 bits per heavy atom. The molecule has 0 spiro atoms. The number of amides is 11. The van der Waals surface area contributed by atoms with E-state index in [1.54, 1.807) is 82.3 Å². The molecule has 18 N–H and O–H groups in total. The van der Waals surface area contributed by atoms with Crippen molar-refractivity contribution in [2.75, 3.05) is 32.8 Å². The molecule has 3 aromatic rings. The number of nitrogens with one attached hydrogen (secondary N) is 11. The number of aromatic amines is 1. The zero-order valence-electron chi connectivity index (χ0n) is 48.1. The largest absolute Gasteiger partial charge is 0.394 e. The number of hydrogen-bond acceptors (Lipinski definition) is 15. The normalized spacial score (nSPS) is 14.3. The van der Waals surface area contributed by atoms with Crippen LogP contribution in [-0.4, -0.2) is 161 Å². The maximum absolute atomic E-state index is 14.5. The van der Waals surface area contributed by atoms with Gasteiger partial charge in [0, 0.05) is 36.8 Å². The number of nitrogens with zero attached hydrogens (tertiary/aromatic N) is 1. The molecule has 456 valence electrons. The summed E-state index contributed by atoms with van der Waals surface area (Å²) in [6.45, 7) is 9.14. The highest BCUT2D eigenvalue weighted by Gasteiger charge is 2.35. The molecular formula is C56H85N15O12. The molecular weight excluding hydrogens is 1070 g/mol. The number of aliphatic hydroxyl groups excluding tert-OH is 1. The molecule has 2 aromatic carbocycles. The molecule has 0 radical (unpaired) electrons. The smallest absolute Gasteiger partial charge is 0.251 e. The first-order valence-electron chi connectivity index (χ1n) is 27.9. The Hall–Kier alpha value is -8.30. The first-order chi connectivity index (χ1) is 39.5. The summed E-state index contributed by atoms with van der Waals surface area (Å²) in [6.07, 6.45) is 4.66. The minimum absolute atomic E-state index is 0.0234. The highest BCUT2D eigenvalue weighted by molar-refractivity contribution is 5.98. The lowest BCUT2D eigenvalue weighted by atomic mass is 9.98. The van der Waals surface area contributed by atoms with E-state index in [2.05, 4.69) is 63.1 Å². The van der Waals surface area contributed by atoms with Crippen molar-refractivity contribution < 1.29 is 57.8 Å². The summed E-state index contributed by atoms with van der Waals surface area (Å²) in [4.78, 5) is 154. The second kappa shape index (κ2) is 36.2. The Morgan fingerprint density at radius 1 is 0.614 bits per heavy atom. The van der Waals surface area contributed by atoms with E-state index >= 15 is 0 Å². The van der Waals surface area contributed by atoms with Crippen molar-refractivity contribution in [3.8, 4) is 0 Å². The van der Waals surface area contributed by atoms with E-state index in [1.165, 1.54) is 19.4 Å². The molecule has 0 aliphatic heterocycles. The molecule has 1 aromatic heterocycles. The molecule has 9 atom stereocenters. The number of aliphatic hydroxyl groups is 1. The Labute approximate surface area is 483 Å². The van der Waals surface area contributed by atoms with E-state index < -0.39 is 127 Å².